The van der Waals surface area contributed by atoms with E-state index in [1.165, 1.54) is 0 Å². The monoisotopic (exact) mass is 249 g/mol. The second-order valence-corrected chi connectivity index (χ2v) is 4.49. The predicted octanol–water partition coefficient (Wildman–Crippen LogP) is 4.10. The largest absolute Gasteiger partial charge is 0.496 e. The van der Waals surface area contributed by atoms with E-state index in [4.69, 9.17) is 10.5 Å². The van der Waals surface area contributed by atoms with Crippen molar-refractivity contribution in [3.63, 3.8) is 0 Å². The van der Waals surface area contributed by atoms with Crippen LogP contribution < -0.4 is 10.5 Å². The number of rotatable bonds is 2. The SMILES string of the molecule is COc1cc(-c2ccccc2N)cc2ccccc12. The first kappa shape index (κ1) is 11.6. The van der Waals surface area contributed by atoms with Crippen LogP contribution in [0.4, 0.5) is 5.69 Å². The molecule has 94 valence electrons. The van der Waals surface area contributed by atoms with Crippen molar-refractivity contribution in [3.8, 4) is 16.9 Å². The maximum Gasteiger partial charge on any atom is 0.127 e. The zero-order valence-electron chi connectivity index (χ0n) is 10.8. The van der Waals surface area contributed by atoms with Crippen LogP contribution in [0.5, 0.6) is 5.75 Å². The topological polar surface area (TPSA) is 35.2 Å². The van der Waals surface area contributed by atoms with Gasteiger partial charge in [0.25, 0.3) is 0 Å². The standard InChI is InChI=1S/C17H15NO/c1-19-17-11-13(14-7-4-5-9-16(14)18)10-12-6-2-3-8-15(12)17/h2-11H,18H2,1H3. The maximum atomic E-state index is 6.05. The van der Waals surface area contributed by atoms with Crippen LogP contribution in [0, 0.1) is 0 Å². The number of ether oxygens (including phenoxy) is 1. The summed E-state index contributed by atoms with van der Waals surface area (Å²) in [6, 6.07) is 20.2. The number of hydrogen-bond donors (Lipinski definition) is 1. The fraction of sp³-hybridized carbons (Fsp3) is 0.0588. The fourth-order valence-electron chi connectivity index (χ4n) is 2.36. The van der Waals surface area contributed by atoms with Gasteiger partial charge in [0, 0.05) is 16.6 Å². The van der Waals surface area contributed by atoms with Gasteiger partial charge in [0.15, 0.2) is 0 Å². The van der Waals surface area contributed by atoms with Gasteiger partial charge in [-0.15, -0.1) is 0 Å². The lowest BCUT2D eigenvalue weighted by atomic mass is 9.99. The van der Waals surface area contributed by atoms with Crippen LogP contribution in [0.3, 0.4) is 0 Å². The Bertz CT molecular complexity index is 734. The number of para-hydroxylation sites is 1. The van der Waals surface area contributed by atoms with E-state index >= 15 is 0 Å². The van der Waals surface area contributed by atoms with Gasteiger partial charge in [0.05, 0.1) is 7.11 Å². The minimum Gasteiger partial charge on any atom is -0.496 e. The third-order valence-electron chi connectivity index (χ3n) is 3.32. The predicted molar refractivity (Wildman–Crippen MR) is 80.3 cm³/mol. The van der Waals surface area contributed by atoms with Crippen LogP contribution in [-0.4, -0.2) is 7.11 Å². The number of nitrogens with two attached hydrogens (primary N) is 1. The Morgan fingerprint density at radius 3 is 2.42 bits per heavy atom. The van der Waals surface area contributed by atoms with Crippen LogP contribution in [0.1, 0.15) is 0 Å². The molecule has 0 aliphatic heterocycles. The Labute approximate surface area is 112 Å². The first-order valence-corrected chi connectivity index (χ1v) is 6.21. The molecule has 2 heteroatoms. The van der Waals surface area contributed by atoms with Crippen molar-refractivity contribution in [2.24, 2.45) is 0 Å². The molecule has 3 aromatic rings. The van der Waals surface area contributed by atoms with Crippen LogP contribution in [-0.2, 0) is 0 Å². The molecule has 0 aliphatic rings. The van der Waals surface area contributed by atoms with Gasteiger partial charge in [-0.2, -0.15) is 0 Å². The summed E-state index contributed by atoms with van der Waals surface area (Å²) in [5.74, 6) is 0.872. The number of benzene rings is 3. The van der Waals surface area contributed by atoms with E-state index in [9.17, 15) is 0 Å². The first-order valence-electron chi connectivity index (χ1n) is 6.21. The molecule has 19 heavy (non-hydrogen) atoms. The smallest absolute Gasteiger partial charge is 0.127 e. The maximum absolute atomic E-state index is 6.05. The van der Waals surface area contributed by atoms with Crippen LogP contribution in [0.2, 0.25) is 0 Å². The lowest BCUT2D eigenvalue weighted by Gasteiger charge is -2.11. The van der Waals surface area contributed by atoms with Gasteiger partial charge in [-0.1, -0.05) is 42.5 Å². The number of hydrogen-bond acceptors (Lipinski definition) is 2. The van der Waals surface area contributed by atoms with Crippen LogP contribution in [0.25, 0.3) is 21.9 Å². The first-order chi connectivity index (χ1) is 9.29. The van der Waals surface area contributed by atoms with E-state index in [0.29, 0.717) is 0 Å². The molecule has 3 aromatic carbocycles. The van der Waals surface area contributed by atoms with E-state index in [1.54, 1.807) is 7.11 Å². The van der Waals surface area contributed by atoms with Crippen molar-refractivity contribution in [2.75, 3.05) is 12.8 Å². The Balaban J connectivity index is 2.29. The summed E-state index contributed by atoms with van der Waals surface area (Å²) in [4.78, 5) is 0. The minimum absolute atomic E-state index is 0.778. The molecule has 0 saturated carbocycles. The van der Waals surface area contributed by atoms with E-state index in [-0.39, 0.29) is 0 Å². The third-order valence-corrected chi connectivity index (χ3v) is 3.32. The van der Waals surface area contributed by atoms with Crippen molar-refractivity contribution >= 4 is 16.5 Å². The average Bonchev–Trinajstić information content (AvgIpc) is 2.46. The highest BCUT2D eigenvalue weighted by molar-refractivity contribution is 5.94. The molecule has 0 aromatic heterocycles. The lowest BCUT2D eigenvalue weighted by Crippen LogP contribution is -1.91. The van der Waals surface area contributed by atoms with Gasteiger partial charge in [0.1, 0.15) is 5.75 Å². The zero-order chi connectivity index (χ0) is 13.2. The molecular weight excluding hydrogens is 234 g/mol. The van der Waals surface area contributed by atoms with Gasteiger partial charge in [-0.05, 0) is 29.1 Å². The molecule has 0 fully saturated rings. The summed E-state index contributed by atoms with van der Waals surface area (Å²) < 4.78 is 5.49. The molecule has 0 aliphatic carbocycles. The van der Waals surface area contributed by atoms with Gasteiger partial charge < -0.3 is 10.5 Å². The number of fused-ring (bicyclic) bond motifs is 1. The van der Waals surface area contributed by atoms with Crippen molar-refractivity contribution < 1.29 is 4.74 Å². The summed E-state index contributed by atoms with van der Waals surface area (Å²) in [5.41, 5.74) is 8.94. The average molecular weight is 249 g/mol. The summed E-state index contributed by atoms with van der Waals surface area (Å²) >= 11 is 0. The van der Waals surface area contributed by atoms with E-state index in [2.05, 4.69) is 18.2 Å². The summed E-state index contributed by atoms with van der Waals surface area (Å²) in [6.07, 6.45) is 0. The highest BCUT2D eigenvalue weighted by atomic mass is 16.5. The molecule has 0 spiro atoms. The Hall–Kier alpha value is -2.48. The molecular formula is C17H15NO. The van der Waals surface area contributed by atoms with Crippen LogP contribution >= 0.6 is 0 Å². The molecule has 0 radical (unpaired) electrons. The van der Waals surface area contributed by atoms with Crippen molar-refractivity contribution in [3.05, 3.63) is 60.7 Å². The molecule has 2 nitrogen and oxygen atoms in total. The second kappa shape index (κ2) is 4.65. The second-order valence-electron chi connectivity index (χ2n) is 4.49. The Morgan fingerprint density at radius 1 is 0.895 bits per heavy atom. The Kier molecular flexibility index (Phi) is 2.84. The summed E-state index contributed by atoms with van der Waals surface area (Å²) in [6.45, 7) is 0. The number of anilines is 1. The number of nitrogen functional groups attached to an aromatic ring is 1. The molecule has 0 heterocycles. The highest BCUT2D eigenvalue weighted by Gasteiger charge is 2.07. The van der Waals surface area contributed by atoms with Gasteiger partial charge in [-0.3, -0.25) is 0 Å². The molecule has 2 N–H and O–H groups in total. The van der Waals surface area contributed by atoms with Gasteiger partial charge in [0.2, 0.25) is 0 Å². The highest BCUT2D eigenvalue weighted by Crippen LogP contribution is 2.34. The quantitative estimate of drug-likeness (QED) is 0.694. The van der Waals surface area contributed by atoms with E-state index in [0.717, 1.165) is 33.3 Å². The fourth-order valence-corrected chi connectivity index (χ4v) is 2.36. The zero-order valence-corrected chi connectivity index (χ0v) is 10.8. The van der Waals surface area contributed by atoms with Crippen molar-refractivity contribution in [1.82, 2.24) is 0 Å². The molecule has 3 rings (SSSR count). The van der Waals surface area contributed by atoms with Crippen molar-refractivity contribution in [1.29, 1.82) is 0 Å². The Morgan fingerprint density at radius 2 is 1.63 bits per heavy atom. The molecule has 0 atom stereocenters. The molecule has 0 amide bonds. The summed E-state index contributed by atoms with van der Waals surface area (Å²) in [5, 5.41) is 2.27. The molecule has 0 bridgehead atoms. The van der Waals surface area contributed by atoms with Crippen LogP contribution in [0.15, 0.2) is 60.7 Å². The normalized spacial score (nSPS) is 10.6. The number of methoxy groups -OCH3 is 1. The van der Waals surface area contributed by atoms with Crippen molar-refractivity contribution in [2.45, 2.75) is 0 Å². The molecule has 0 unspecified atom stereocenters. The van der Waals surface area contributed by atoms with Gasteiger partial charge >= 0.3 is 0 Å². The van der Waals surface area contributed by atoms with E-state index in [1.807, 2.05) is 42.5 Å². The molecule has 0 saturated heterocycles. The lowest BCUT2D eigenvalue weighted by molar-refractivity contribution is 0.420. The third kappa shape index (κ3) is 2.02. The van der Waals surface area contributed by atoms with Gasteiger partial charge in [-0.25, -0.2) is 0 Å². The van der Waals surface area contributed by atoms with E-state index < -0.39 is 0 Å². The minimum atomic E-state index is 0.778. The summed E-state index contributed by atoms with van der Waals surface area (Å²) in [7, 11) is 1.69.